The summed E-state index contributed by atoms with van der Waals surface area (Å²) < 4.78 is 41.4. The quantitative estimate of drug-likeness (QED) is 0.829. The number of piperidine rings is 1. The Morgan fingerprint density at radius 1 is 1.16 bits per heavy atom. The summed E-state index contributed by atoms with van der Waals surface area (Å²) in [5.41, 5.74) is -0.318. The van der Waals surface area contributed by atoms with E-state index in [1.807, 2.05) is 0 Å². The molecule has 1 amide bonds. The van der Waals surface area contributed by atoms with Gasteiger partial charge >= 0.3 is 0 Å². The molecular formula is C18H19F3N2O2. The Bertz CT molecular complexity index is 880. The van der Waals surface area contributed by atoms with Crippen LogP contribution in [0.25, 0.3) is 10.8 Å². The minimum absolute atomic E-state index is 0.0560. The van der Waals surface area contributed by atoms with Crippen LogP contribution in [0.5, 0.6) is 0 Å². The maximum Gasteiger partial charge on any atom is 0.270 e. The molecule has 1 aromatic heterocycles. The molecule has 1 aliphatic heterocycles. The van der Waals surface area contributed by atoms with Crippen LogP contribution in [0.2, 0.25) is 0 Å². The smallest absolute Gasteiger partial charge is 0.270 e. The van der Waals surface area contributed by atoms with Crippen molar-refractivity contribution in [2.75, 3.05) is 13.1 Å². The molecule has 1 aliphatic rings. The van der Waals surface area contributed by atoms with E-state index in [-0.39, 0.29) is 43.1 Å². The zero-order valence-corrected chi connectivity index (χ0v) is 14.1. The Hall–Kier alpha value is -2.31. The summed E-state index contributed by atoms with van der Waals surface area (Å²) in [6, 6.07) is 5.01. The number of fused-ring (bicyclic) bond motifs is 1. The third-order valence-electron chi connectivity index (χ3n) is 4.53. The summed E-state index contributed by atoms with van der Waals surface area (Å²) in [6.45, 7) is 3.38. The van der Waals surface area contributed by atoms with E-state index in [1.165, 1.54) is 27.7 Å². The van der Waals surface area contributed by atoms with Gasteiger partial charge in [-0.25, -0.2) is 13.2 Å². The second-order valence-corrected chi connectivity index (χ2v) is 6.68. The average Bonchev–Trinajstić information content (AvgIpc) is 2.54. The number of alkyl halides is 2. The Morgan fingerprint density at radius 2 is 1.80 bits per heavy atom. The fraction of sp³-hybridized carbons (Fsp3) is 0.444. The summed E-state index contributed by atoms with van der Waals surface area (Å²) in [6.07, 6.45) is -0.771. The Labute approximate surface area is 142 Å². The fourth-order valence-corrected chi connectivity index (χ4v) is 3.17. The van der Waals surface area contributed by atoms with E-state index in [0.29, 0.717) is 5.39 Å². The molecule has 7 heteroatoms. The summed E-state index contributed by atoms with van der Waals surface area (Å²) in [4.78, 5) is 26.9. The standard InChI is InChI=1S/C18H19F3N2O2/c1-11(2)23-15(17(25)22-7-5-18(20,21)6-8-22)9-12-3-4-13(19)10-14(12)16(23)24/h3-4,9-11H,5-8H2,1-2H3. The van der Waals surface area contributed by atoms with E-state index < -0.39 is 23.2 Å². The van der Waals surface area contributed by atoms with Crippen LogP contribution in [0.3, 0.4) is 0 Å². The number of aromatic nitrogens is 1. The fourth-order valence-electron chi connectivity index (χ4n) is 3.17. The molecule has 1 saturated heterocycles. The highest BCUT2D eigenvalue weighted by Gasteiger charge is 2.36. The predicted octanol–water partition coefficient (Wildman–Crippen LogP) is 3.59. The van der Waals surface area contributed by atoms with Crippen LogP contribution in [0.15, 0.2) is 29.1 Å². The van der Waals surface area contributed by atoms with Crippen LogP contribution in [0.4, 0.5) is 13.2 Å². The van der Waals surface area contributed by atoms with Gasteiger partial charge in [0.1, 0.15) is 11.5 Å². The number of amides is 1. The first kappa shape index (κ1) is 17.5. The third kappa shape index (κ3) is 3.27. The maximum absolute atomic E-state index is 13.5. The van der Waals surface area contributed by atoms with Gasteiger partial charge in [0, 0.05) is 32.0 Å². The van der Waals surface area contributed by atoms with Crippen LogP contribution in [0, 0.1) is 5.82 Å². The number of rotatable bonds is 2. The minimum Gasteiger partial charge on any atom is -0.337 e. The molecule has 25 heavy (non-hydrogen) atoms. The summed E-state index contributed by atoms with van der Waals surface area (Å²) in [7, 11) is 0. The molecule has 4 nitrogen and oxygen atoms in total. The molecule has 0 spiro atoms. The van der Waals surface area contributed by atoms with Crippen LogP contribution < -0.4 is 5.56 Å². The zero-order valence-electron chi connectivity index (χ0n) is 14.1. The van der Waals surface area contributed by atoms with Gasteiger partial charge in [-0.15, -0.1) is 0 Å². The molecule has 0 radical (unpaired) electrons. The number of carbonyl (C=O) groups is 1. The van der Waals surface area contributed by atoms with Crippen molar-refractivity contribution >= 4 is 16.7 Å². The molecule has 1 aromatic carbocycles. The second kappa shape index (κ2) is 6.20. The molecule has 0 bridgehead atoms. The van der Waals surface area contributed by atoms with Crippen LogP contribution in [-0.4, -0.2) is 34.4 Å². The highest BCUT2D eigenvalue weighted by atomic mass is 19.3. The van der Waals surface area contributed by atoms with E-state index in [9.17, 15) is 22.8 Å². The Balaban J connectivity index is 2.09. The van der Waals surface area contributed by atoms with Crippen molar-refractivity contribution in [3.8, 4) is 0 Å². The van der Waals surface area contributed by atoms with Gasteiger partial charge < -0.3 is 9.47 Å². The molecule has 0 N–H and O–H groups in total. The molecule has 134 valence electrons. The van der Waals surface area contributed by atoms with Gasteiger partial charge in [0.25, 0.3) is 17.4 Å². The van der Waals surface area contributed by atoms with Crippen LogP contribution in [-0.2, 0) is 0 Å². The SMILES string of the molecule is CC(C)n1c(C(=O)N2CCC(F)(F)CC2)cc2ccc(F)cc2c1=O. The Morgan fingerprint density at radius 3 is 2.40 bits per heavy atom. The first-order chi connectivity index (χ1) is 11.7. The number of nitrogens with zero attached hydrogens (tertiary/aromatic N) is 2. The molecule has 0 unspecified atom stereocenters. The number of carbonyl (C=O) groups excluding carboxylic acids is 1. The molecule has 2 aromatic rings. The van der Waals surface area contributed by atoms with Gasteiger partial charge in [-0.2, -0.15) is 0 Å². The van der Waals surface area contributed by atoms with Crippen molar-refractivity contribution < 1.29 is 18.0 Å². The number of hydrogen-bond donors (Lipinski definition) is 0. The molecule has 0 saturated carbocycles. The van der Waals surface area contributed by atoms with Crippen LogP contribution in [0.1, 0.15) is 43.2 Å². The monoisotopic (exact) mass is 352 g/mol. The number of benzene rings is 1. The van der Waals surface area contributed by atoms with E-state index in [0.717, 1.165) is 6.07 Å². The highest BCUT2D eigenvalue weighted by molar-refractivity contribution is 5.96. The maximum atomic E-state index is 13.5. The molecule has 1 fully saturated rings. The van der Waals surface area contributed by atoms with Crippen molar-refractivity contribution in [3.63, 3.8) is 0 Å². The number of likely N-dealkylation sites (tertiary alicyclic amines) is 1. The van der Waals surface area contributed by atoms with E-state index >= 15 is 0 Å². The first-order valence-corrected chi connectivity index (χ1v) is 8.21. The summed E-state index contributed by atoms with van der Waals surface area (Å²) in [5, 5.41) is 0.643. The van der Waals surface area contributed by atoms with Crippen molar-refractivity contribution in [2.45, 2.75) is 38.7 Å². The van der Waals surface area contributed by atoms with Crippen molar-refractivity contribution in [1.29, 1.82) is 0 Å². The normalized spacial score (nSPS) is 17.3. The largest absolute Gasteiger partial charge is 0.337 e. The lowest BCUT2D eigenvalue weighted by Crippen LogP contribution is -2.44. The molecule has 3 rings (SSSR count). The lowest BCUT2D eigenvalue weighted by atomic mass is 10.1. The lowest BCUT2D eigenvalue weighted by molar-refractivity contribution is -0.0496. The molecule has 0 atom stereocenters. The highest BCUT2D eigenvalue weighted by Crippen LogP contribution is 2.29. The molecule has 2 heterocycles. The summed E-state index contributed by atoms with van der Waals surface area (Å²) >= 11 is 0. The van der Waals surface area contributed by atoms with E-state index in [4.69, 9.17) is 0 Å². The van der Waals surface area contributed by atoms with Crippen molar-refractivity contribution in [1.82, 2.24) is 9.47 Å². The van der Waals surface area contributed by atoms with E-state index in [2.05, 4.69) is 0 Å². The number of pyridine rings is 1. The van der Waals surface area contributed by atoms with Crippen LogP contribution >= 0.6 is 0 Å². The predicted molar refractivity (Wildman–Crippen MR) is 88.6 cm³/mol. The summed E-state index contributed by atoms with van der Waals surface area (Å²) in [5.74, 6) is -3.74. The first-order valence-electron chi connectivity index (χ1n) is 8.21. The molecular weight excluding hydrogens is 333 g/mol. The van der Waals surface area contributed by atoms with Gasteiger partial charge in [0.15, 0.2) is 0 Å². The number of hydrogen-bond acceptors (Lipinski definition) is 2. The minimum atomic E-state index is -2.75. The van der Waals surface area contributed by atoms with Gasteiger partial charge in [-0.3, -0.25) is 9.59 Å². The lowest BCUT2D eigenvalue weighted by Gasteiger charge is -2.32. The van der Waals surface area contributed by atoms with E-state index in [1.54, 1.807) is 13.8 Å². The zero-order chi connectivity index (χ0) is 18.4. The third-order valence-corrected chi connectivity index (χ3v) is 4.53. The van der Waals surface area contributed by atoms with Crippen molar-refractivity contribution in [3.05, 3.63) is 46.1 Å². The average molecular weight is 352 g/mol. The topological polar surface area (TPSA) is 42.3 Å². The van der Waals surface area contributed by atoms with Gasteiger partial charge in [-0.1, -0.05) is 6.07 Å². The van der Waals surface area contributed by atoms with Gasteiger partial charge in [0.05, 0.1) is 5.39 Å². The number of halogens is 3. The van der Waals surface area contributed by atoms with Crippen molar-refractivity contribution in [2.24, 2.45) is 0 Å². The second-order valence-electron chi connectivity index (χ2n) is 6.68. The molecule has 0 aliphatic carbocycles. The Kier molecular flexibility index (Phi) is 4.34. The van der Waals surface area contributed by atoms with Gasteiger partial charge in [-0.05, 0) is 37.4 Å². The van der Waals surface area contributed by atoms with Gasteiger partial charge in [0.2, 0.25) is 0 Å².